The highest BCUT2D eigenvalue weighted by molar-refractivity contribution is 7.28. The van der Waals surface area contributed by atoms with Gasteiger partial charge in [0.25, 0.3) is 11.6 Å². The molecule has 0 saturated carbocycles. The fourth-order valence-corrected chi connectivity index (χ4v) is 7.95. The van der Waals surface area contributed by atoms with Crippen LogP contribution >= 0.6 is 34.0 Å². The maximum Gasteiger partial charge on any atom is 0.372 e. The molecule has 0 N–H and O–H groups in total. The van der Waals surface area contributed by atoms with E-state index in [0.29, 0.717) is 22.7 Å². The fourth-order valence-electron chi connectivity index (χ4n) is 4.14. The van der Waals surface area contributed by atoms with E-state index < -0.39 is 73.8 Å². The van der Waals surface area contributed by atoms with E-state index in [1.54, 1.807) is 0 Å². The van der Waals surface area contributed by atoms with Crippen molar-refractivity contribution in [3.8, 4) is 19.5 Å². The first-order chi connectivity index (χ1) is 15.9. The molecule has 0 aromatic carbocycles. The van der Waals surface area contributed by atoms with E-state index in [-0.39, 0.29) is 30.6 Å². The van der Waals surface area contributed by atoms with Gasteiger partial charge in [-0.15, -0.1) is 34.0 Å². The number of ketones is 6. The number of alkyl halides is 4. The van der Waals surface area contributed by atoms with E-state index in [1.165, 1.54) is 0 Å². The van der Waals surface area contributed by atoms with Crippen LogP contribution in [0.2, 0.25) is 0 Å². The predicted octanol–water partition coefficient (Wildman–Crippen LogP) is 5.00. The topological polar surface area (TPSA) is 102 Å². The largest absolute Gasteiger partial charge is 0.372 e. The number of fused-ring (bicyclic) bond motifs is 3. The van der Waals surface area contributed by atoms with Crippen molar-refractivity contribution in [2.45, 2.75) is 18.3 Å². The summed E-state index contributed by atoms with van der Waals surface area (Å²) in [5.41, 5.74) is -1.03. The molecule has 6 nitrogen and oxygen atoms in total. The summed E-state index contributed by atoms with van der Waals surface area (Å²) in [6, 6.07) is 2.13. The molecule has 0 bridgehead atoms. The van der Waals surface area contributed by atoms with Gasteiger partial charge in [0.2, 0.25) is 11.6 Å². The first kappa shape index (κ1) is 21.4. The lowest BCUT2D eigenvalue weighted by atomic mass is 10.1. The van der Waals surface area contributed by atoms with Crippen molar-refractivity contribution < 1.29 is 46.3 Å². The van der Waals surface area contributed by atoms with Crippen LogP contribution in [0, 0.1) is 0 Å². The van der Waals surface area contributed by atoms with Crippen molar-refractivity contribution in [1.82, 2.24) is 0 Å². The van der Waals surface area contributed by atoms with Gasteiger partial charge >= 0.3 is 11.8 Å². The van der Waals surface area contributed by atoms with E-state index in [4.69, 9.17) is 0 Å². The molecule has 34 heavy (non-hydrogen) atoms. The highest BCUT2D eigenvalue weighted by Crippen LogP contribution is 2.52. The lowest BCUT2D eigenvalue weighted by Crippen LogP contribution is -2.30. The van der Waals surface area contributed by atoms with Crippen LogP contribution in [0.4, 0.5) is 17.6 Å². The second kappa shape index (κ2) is 6.29. The molecule has 3 heterocycles. The molecule has 3 aliphatic rings. The smallest absolute Gasteiger partial charge is 0.294 e. The highest BCUT2D eigenvalue weighted by Gasteiger charge is 2.57. The van der Waals surface area contributed by atoms with Crippen molar-refractivity contribution in [3.63, 3.8) is 0 Å². The lowest BCUT2D eigenvalue weighted by molar-refractivity contribution is 0.0187. The Hall–Kier alpha value is -3.16. The van der Waals surface area contributed by atoms with Gasteiger partial charge in [0, 0.05) is 32.0 Å². The maximum atomic E-state index is 13.8. The SMILES string of the molecule is O=C1CC(=O)c2c(-c3cc4c(s3)C(=O)C(F)(F)C4=O)sc(-c3cc4c(s3)C(=O)C(F)(F)C4=O)c21. The van der Waals surface area contributed by atoms with Crippen LogP contribution in [0.1, 0.15) is 67.2 Å². The molecule has 0 amide bonds. The molecule has 0 fully saturated rings. The molecule has 6 rings (SSSR count). The minimum Gasteiger partial charge on any atom is -0.294 e. The molecule has 3 aromatic heterocycles. The van der Waals surface area contributed by atoms with Crippen molar-refractivity contribution in [3.05, 3.63) is 44.1 Å². The Morgan fingerprint density at radius 3 is 1.29 bits per heavy atom. The molecule has 0 unspecified atom stereocenters. The van der Waals surface area contributed by atoms with Gasteiger partial charge in [-0.05, 0) is 12.1 Å². The third-order valence-corrected chi connectivity index (χ3v) is 9.56. The second-order valence-electron chi connectivity index (χ2n) is 7.71. The Kier molecular flexibility index (Phi) is 3.95. The summed E-state index contributed by atoms with van der Waals surface area (Å²) in [5.74, 6) is -16.1. The Morgan fingerprint density at radius 2 is 0.941 bits per heavy atom. The number of hydrogen-bond donors (Lipinski definition) is 0. The minimum atomic E-state index is -4.16. The number of Topliss-reactive ketones (excluding diaryl/α,β-unsaturated/α-hetero) is 6. The first-order valence-corrected chi connectivity index (χ1v) is 11.8. The molecule has 170 valence electrons. The van der Waals surface area contributed by atoms with Crippen molar-refractivity contribution >= 4 is 68.7 Å². The average molecular weight is 524 g/mol. The molecule has 3 aromatic rings. The summed E-state index contributed by atoms with van der Waals surface area (Å²) in [7, 11) is 0. The van der Waals surface area contributed by atoms with Crippen LogP contribution in [0.25, 0.3) is 19.5 Å². The minimum absolute atomic E-state index is 0.0341. The molecule has 0 saturated heterocycles. The normalized spacial score (nSPS) is 19.9. The van der Waals surface area contributed by atoms with Gasteiger partial charge in [0.15, 0.2) is 11.6 Å². The maximum absolute atomic E-state index is 13.8. The molecule has 13 heteroatoms. The van der Waals surface area contributed by atoms with Crippen molar-refractivity contribution in [2.75, 3.05) is 0 Å². The van der Waals surface area contributed by atoms with Gasteiger partial charge in [-0.3, -0.25) is 28.8 Å². The fraction of sp³-hybridized carbons (Fsp3) is 0.143. The zero-order valence-electron chi connectivity index (χ0n) is 16.0. The van der Waals surface area contributed by atoms with Gasteiger partial charge in [0.1, 0.15) is 0 Å². The molecular weight excluding hydrogens is 520 g/mol. The van der Waals surface area contributed by atoms with Crippen LogP contribution < -0.4 is 0 Å². The third kappa shape index (κ3) is 2.38. The molecule has 0 radical (unpaired) electrons. The number of thiophene rings is 3. The van der Waals surface area contributed by atoms with Crippen molar-refractivity contribution in [2.24, 2.45) is 0 Å². The Bertz CT molecular complexity index is 1420. The van der Waals surface area contributed by atoms with Crippen LogP contribution in [0.5, 0.6) is 0 Å². The van der Waals surface area contributed by atoms with Gasteiger partial charge in [0.05, 0.1) is 25.9 Å². The summed E-state index contributed by atoms with van der Waals surface area (Å²) in [4.78, 5) is 72.6. The summed E-state index contributed by atoms with van der Waals surface area (Å²) < 4.78 is 55.0. The van der Waals surface area contributed by atoms with E-state index in [9.17, 15) is 46.3 Å². The first-order valence-electron chi connectivity index (χ1n) is 9.32. The zero-order chi connectivity index (χ0) is 24.5. The average Bonchev–Trinajstić information content (AvgIpc) is 3.57. The van der Waals surface area contributed by atoms with E-state index in [1.807, 2.05) is 0 Å². The molecular formula is C21H4F4O6S3. The monoisotopic (exact) mass is 524 g/mol. The highest BCUT2D eigenvalue weighted by atomic mass is 32.1. The Labute approximate surface area is 196 Å². The van der Waals surface area contributed by atoms with Gasteiger partial charge < -0.3 is 0 Å². The van der Waals surface area contributed by atoms with Crippen LogP contribution in [0.3, 0.4) is 0 Å². The molecule has 3 aliphatic carbocycles. The van der Waals surface area contributed by atoms with E-state index in [2.05, 4.69) is 0 Å². The predicted molar refractivity (Wildman–Crippen MR) is 111 cm³/mol. The van der Waals surface area contributed by atoms with Crippen LogP contribution in [-0.2, 0) is 0 Å². The number of halogens is 4. The summed E-state index contributed by atoms with van der Waals surface area (Å²) in [5, 5.41) is 0. The van der Waals surface area contributed by atoms with Gasteiger partial charge in [-0.25, -0.2) is 0 Å². The Balaban J connectivity index is 1.53. The summed E-state index contributed by atoms with van der Waals surface area (Å²) in [6.45, 7) is 0. The summed E-state index contributed by atoms with van der Waals surface area (Å²) >= 11 is 2.02. The van der Waals surface area contributed by atoms with Crippen LogP contribution in [-0.4, -0.2) is 46.5 Å². The van der Waals surface area contributed by atoms with Crippen molar-refractivity contribution in [1.29, 1.82) is 0 Å². The lowest BCUT2D eigenvalue weighted by Gasteiger charge is -2.04. The van der Waals surface area contributed by atoms with E-state index in [0.717, 1.165) is 23.5 Å². The number of rotatable bonds is 2. The Morgan fingerprint density at radius 1 is 0.559 bits per heavy atom. The quantitative estimate of drug-likeness (QED) is 0.345. The standard InChI is InChI=1S/C21H4F4O6S3/c22-20(23)16(28)4-1-8(32-12(4)18(20)30)14-10-6(26)3-7(27)11(10)15(34-14)9-2-5-13(33-9)19(31)21(24,25)17(5)29/h1-2H,3H2. The van der Waals surface area contributed by atoms with Gasteiger partial charge in [-0.1, -0.05) is 0 Å². The second-order valence-corrected chi connectivity index (χ2v) is 10.8. The zero-order valence-corrected chi connectivity index (χ0v) is 18.5. The molecule has 0 atom stereocenters. The van der Waals surface area contributed by atoms with Gasteiger partial charge in [-0.2, -0.15) is 17.6 Å². The molecule has 0 spiro atoms. The summed E-state index contributed by atoms with van der Waals surface area (Å²) in [6.07, 6.45) is -0.486. The molecule has 0 aliphatic heterocycles. The number of carbonyl (C=O) groups is 6. The number of carbonyl (C=O) groups excluding carboxylic acids is 6. The number of hydrogen-bond acceptors (Lipinski definition) is 9. The van der Waals surface area contributed by atoms with Crippen LogP contribution in [0.15, 0.2) is 12.1 Å². The third-order valence-electron chi connectivity index (χ3n) is 5.74. The van der Waals surface area contributed by atoms with E-state index >= 15 is 0 Å².